The molecule has 98 valence electrons. The maximum Gasteiger partial charge on any atom is 0.227 e. The van der Waals surface area contributed by atoms with Gasteiger partial charge in [-0.1, -0.05) is 26.0 Å². The number of anilines is 1. The molecule has 0 saturated heterocycles. The Balaban J connectivity index is 2.19. The van der Waals surface area contributed by atoms with Crippen molar-refractivity contribution >= 4 is 11.6 Å². The molecule has 2 rings (SSSR count). The highest BCUT2D eigenvalue weighted by Gasteiger charge is 2.25. The maximum atomic E-state index is 11.9. The molecule has 0 aliphatic carbocycles. The van der Waals surface area contributed by atoms with Gasteiger partial charge in [0.15, 0.2) is 0 Å². The minimum Gasteiger partial charge on any atom is -0.330 e. The molecule has 3 heteroatoms. The van der Waals surface area contributed by atoms with E-state index in [1.165, 1.54) is 11.1 Å². The number of carbonyl (C=O) groups excluding carboxylic acids is 1. The van der Waals surface area contributed by atoms with Crippen LogP contribution in [0.15, 0.2) is 18.2 Å². The van der Waals surface area contributed by atoms with E-state index >= 15 is 0 Å². The molecule has 0 saturated carbocycles. The molecule has 1 atom stereocenters. The van der Waals surface area contributed by atoms with Crippen molar-refractivity contribution in [3.63, 3.8) is 0 Å². The zero-order valence-corrected chi connectivity index (χ0v) is 11.2. The molecule has 0 aromatic heterocycles. The van der Waals surface area contributed by atoms with Gasteiger partial charge in [-0.2, -0.15) is 0 Å². The Morgan fingerprint density at radius 3 is 2.89 bits per heavy atom. The molecule has 0 radical (unpaired) electrons. The fourth-order valence-electron chi connectivity index (χ4n) is 2.45. The van der Waals surface area contributed by atoms with Crippen LogP contribution in [0.1, 0.15) is 43.7 Å². The average molecular weight is 246 g/mol. The molecular formula is C15H22N2O. The zero-order valence-electron chi connectivity index (χ0n) is 11.2. The van der Waals surface area contributed by atoms with E-state index in [-0.39, 0.29) is 11.8 Å². The van der Waals surface area contributed by atoms with Crippen molar-refractivity contribution in [2.45, 2.75) is 39.0 Å². The van der Waals surface area contributed by atoms with Crippen molar-refractivity contribution in [3.05, 3.63) is 29.3 Å². The van der Waals surface area contributed by atoms with Crippen molar-refractivity contribution in [1.82, 2.24) is 0 Å². The number of fused-ring (bicyclic) bond motifs is 1. The summed E-state index contributed by atoms with van der Waals surface area (Å²) in [7, 11) is 0. The van der Waals surface area contributed by atoms with Gasteiger partial charge in [0, 0.05) is 11.6 Å². The summed E-state index contributed by atoms with van der Waals surface area (Å²) < 4.78 is 0. The number of carbonyl (C=O) groups is 1. The molecule has 1 aliphatic rings. The molecule has 0 fully saturated rings. The predicted molar refractivity (Wildman–Crippen MR) is 74.6 cm³/mol. The highest BCUT2D eigenvalue weighted by molar-refractivity contribution is 5.95. The predicted octanol–water partition coefficient (Wildman–Crippen LogP) is 2.66. The number of hydrogen-bond donors (Lipinski definition) is 2. The van der Waals surface area contributed by atoms with Crippen LogP contribution in [0.3, 0.4) is 0 Å². The Morgan fingerprint density at radius 1 is 1.44 bits per heavy atom. The summed E-state index contributed by atoms with van der Waals surface area (Å²) >= 11 is 0. The summed E-state index contributed by atoms with van der Waals surface area (Å²) in [5.41, 5.74) is 9.10. The summed E-state index contributed by atoms with van der Waals surface area (Å²) in [5.74, 6) is 0.757. The zero-order chi connectivity index (χ0) is 13.1. The fraction of sp³-hybridized carbons (Fsp3) is 0.533. The molecule has 0 bridgehead atoms. The Hall–Kier alpha value is -1.35. The molecule has 1 aromatic carbocycles. The van der Waals surface area contributed by atoms with Crippen LogP contribution in [0.2, 0.25) is 0 Å². The molecule has 1 aromatic rings. The van der Waals surface area contributed by atoms with Gasteiger partial charge in [0.05, 0.1) is 0 Å². The normalized spacial score (nSPS) is 18.7. The highest BCUT2D eigenvalue weighted by atomic mass is 16.1. The third-order valence-corrected chi connectivity index (χ3v) is 3.65. The largest absolute Gasteiger partial charge is 0.330 e. The van der Waals surface area contributed by atoms with E-state index < -0.39 is 0 Å². The van der Waals surface area contributed by atoms with Gasteiger partial charge in [-0.05, 0) is 48.9 Å². The van der Waals surface area contributed by atoms with Crippen molar-refractivity contribution < 1.29 is 4.79 Å². The average Bonchev–Trinajstić information content (AvgIpc) is 2.35. The standard InChI is InChI=1S/C15H22N2O/c1-10(2)11-5-6-14-13(8-11)9-12(4-3-7-16)15(18)17-14/h5-6,8,10,12H,3-4,7,9,16H2,1-2H3,(H,17,18). The summed E-state index contributed by atoms with van der Waals surface area (Å²) in [6.07, 6.45) is 2.65. The van der Waals surface area contributed by atoms with Gasteiger partial charge in [0.2, 0.25) is 5.91 Å². The van der Waals surface area contributed by atoms with Crippen LogP contribution in [0, 0.1) is 5.92 Å². The van der Waals surface area contributed by atoms with Gasteiger partial charge in [-0.15, -0.1) is 0 Å². The first-order chi connectivity index (χ1) is 8.61. The van der Waals surface area contributed by atoms with Crippen molar-refractivity contribution in [2.24, 2.45) is 11.7 Å². The number of benzene rings is 1. The van der Waals surface area contributed by atoms with Crippen molar-refractivity contribution in [3.8, 4) is 0 Å². The van der Waals surface area contributed by atoms with Crippen LogP contribution in [-0.2, 0) is 11.2 Å². The van der Waals surface area contributed by atoms with Gasteiger partial charge in [-0.3, -0.25) is 4.79 Å². The maximum absolute atomic E-state index is 11.9. The van der Waals surface area contributed by atoms with E-state index in [2.05, 4.69) is 31.3 Å². The summed E-state index contributed by atoms with van der Waals surface area (Å²) in [4.78, 5) is 11.9. The SMILES string of the molecule is CC(C)c1ccc2c(c1)CC(CCCN)C(=O)N2. The lowest BCUT2D eigenvalue weighted by Gasteiger charge is -2.25. The number of rotatable bonds is 4. The summed E-state index contributed by atoms with van der Waals surface area (Å²) in [6, 6.07) is 6.36. The molecule has 3 N–H and O–H groups in total. The fourth-order valence-corrected chi connectivity index (χ4v) is 2.45. The summed E-state index contributed by atoms with van der Waals surface area (Å²) in [6.45, 7) is 5.03. The Labute approximate surface area is 109 Å². The monoisotopic (exact) mass is 246 g/mol. The second-order valence-corrected chi connectivity index (χ2v) is 5.39. The van der Waals surface area contributed by atoms with Crippen LogP contribution in [0.4, 0.5) is 5.69 Å². The lowest BCUT2D eigenvalue weighted by atomic mass is 9.87. The van der Waals surface area contributed by atoms with E-state index in [1.54, 1.807) is 0 Å². The Bertz CT molecular complexity index is 440. The third kappa shape index (κ3) is 2.72. The van der Waals surface area contributed by atoms with Gasteiger partial charge in [0.1, 0.15) is 0 Å². The third-order valence-electron chi connectivity index (χ3n) is 3.65. The number of hydrogen-bond acceptors (Lipinski definition) is 2. The number of nitrogens with two attached hydrogens (primary N) is 1. The topological polar surface area (TPSA) is 55.1 Å². The Kier molecular flexibility index (Phi) is 4.02. The van der Waals surface area contributed by atoms with E-state index in [1.807, 2.05) is 6.07 Å². The Morgan fingerprint density at radius 2 is 2.22 bits per heavy atom. The molecule has 1 aliphatic heterocycles. The molecule has 1 amide bonds. The second kappa shape index (κ2) is 5.53. The highest BCUT2D eigenvalue weighted by Crippen LogP contribution is 2.30. The quantitative estimate of drug-likeness (QED) is 0.858. The molecule has 3 nitrogen and oxygen atoms in total. The lowest BCUT2D eigenvalue weighted by molar-refractivity contribution is -0.120. The molecule has 1 unspecified atom stereocenters. The molecular weight excluding hydrogens is 224 g/mol. The first-order valence-electron chi connectivity index (χ1n) is 6.75. The van der Waals surface area contributed by atoms with Gasteiger partial charge < -0.3 is 11.1 Å². The lowest BCUT2D eigenvalue weighted by Crippen LogP contribution is -2.30. The molecule has 18 heavy (non-hydrogen) atoms. The number of nitrogens with one attached hydrogen (secondary N) is 1. The first kappa shape index (κ1) is 13.1. The second-order valence-electron chi connectivity index (χ2n) is 5.39. The van der Waals surface area contributed by atoms with Crippen LogP contribution in [0.25, 0.3) is 0 Å². The molecule has 0 spiro atoms. The van der Waals surface area contributed by atoms with Gasteiger partial charge >= 0.3 is 0 Å². The van der Waals surface area contributed by atoms with E-state index in [0.29, 0.717) is 12.5 Å². The minimum atomic E-state index is 0.0865. The van der Waals surface area contributed by atoms with Crippen LogP contribution in [-0.4, -0.2) is 12.5 Å². The van der Waals surface area contributed by atoms with E-state index in [4.69, 9.17) is 5.73 Å². The van der Waals surface area contributed by atoms with Crippen molar-refractivity contribution in [1.29, 1.82) is 0 Å². The number of amides is 1. The first-order valence-corrected chi connectivity index (χ1v) is 6.75. The van der Waals surface area contributed by atoms with Crippen LogP contribution >= 0.6 is 0 Å². The summed E-state index contributed by atoms with van der Waals surface area (Å²) in [5, 5.41) is 3.01. The van der Waals surface area contributed by atoms with E-state index in [0.717, 1.165) is 24.9 Å². The van der Waals surface area contributed by atoms with Gasteiger partial charge in [0.25, 0.3) is 0 Å². The molecule has 1 heterocycles. The minimum absolute atomic E-state index is 0.0865. The van der Waals surface area contributed by atoms with Gasteiger partial charge in [-0.25, -0.2) is 0 Å². The van der Waals surface area contributed by atoms with E-state index in [9.17, 15) is 4.79 Å². The van der Waals surface area contributed by atoms with Crippen molar-refractivity contribution in [2.75, 3.05) is 11.9 Å². The van der Waals surface area contributed by atoms with Crippen LogP contribution in [0.5, 0.6) is 0 Å². The smallest absolute Gasteiger partial charge is 0.227 e. The van der Waals surface area contributed by atoms with Crippen LogP contribution < -0.4 is 11.1 Å².